The standard InChI is InChI=1S/C23H31N3O3/c1-14-10-16(3)17(11-15(14)2)13-25-20-6-5-7-21-18(20)12-19(23(28)26-21)22(27)24-8-9-29-4/h10-12,20,25H,5-9,13H2,1-4H3,(H,24,27)(H,26,28). The molecular weight excluding hydrogens is 366 g/mol. The number of ether oxygens (including phenoxy) is 1. The van der Waals surface area contributed by atoms with Crippen LogP contribution in [0.4, 0.5) is 0 Å². The number of benzene rings is 1. The van der Waals surface area contributed by atoms with Crippen molar-refractivity contribution in [3.8, 4) is 0 Å². The first-order chi connectivity index (χ1) is 13.9. The van der Waals surface area contributed by atoms with Crippen LogP contribution in [0, 0.1) is 20.8 Å². The summed E-state index contributed by atoms with van der Waals surface area (Å²) in [7, 11) is 1.57. The lowest BCUT2D eigenvalue weighted by Gasteiger charge is -2.27. The fourth-order valence-electron chi connectivity index (χ4n) is 3.93. The first-order valence-corrected chi connectivity index (χ1v) is 10.2. The van der Waals surface area contributed by atoms with E-state index in [2.05, 4.69) is 48.5 Å². The van der Waals surface area contributed by atoms with Crippen molar-refractivity contribution in [2.45, 2.75) is 52.6 Å². The normalized spacial score (nSPS) is 15.8. The Hall–Kier alpha value is -2.44. The average molecular weight is 398 g/mol. The number of fused-ring (bicyclic) bond motifs is 1. The van der Waals surface area contributed by atoms with Crippen LogP contribution in [0.1, 0.15) is 62.8 Å². The summed E-state index contributed by atoms with van der Waals surface area (Å²) < 4.78 is 4.95. The number of methoxy groups -OCH3 is 1. The second-order valence-electron chi connectivity index (χ2n) is 7.88. The van der Waals surface area contributed by atoms with Gasteiger partial charge in [-0.15, -0.1) is 0 Å². The monoisotopic (exact) mass is 397 g/mol. The molecule has 1 aromatic heterocycles. The molecule has 156 valence electrons. The molecule has 29 heavy (non-hydrogen) atoms. The van der Waals surface area contributed by atoms with E-state index in [1.165, 1.54) is 22.3 Å². The fourth-order valence-corrected chi connectivity index (χ4v) is 3.93. The topological polar surface area (TPSA) is 83.2 Å². The number of hydrogen-bond acceptors (Lipinski definition) is 4. The zero-order chi connectivity index (χ0) is 21.0. The van der Waals surface area contributed by atoms with Crippen LogP contribution in [-0.4, -0.2) is 31.2 Å². The lowest BCUT2D eigenvalue weighted by atomic mass is 9.89. The summed E-state index contributed by atoms with van der Waals surface area (Å²) in [5.41, 5.74) is 6.93. The number of carbonyl (C=O) groups is 1. The van der Waals surface area contributed by atoms with Crippen molar-refractivity contribution >= 4 is 5.91 Å². The van der Waals surface area contributed by atoms with Crippen molar-refractivity contribution < 1.29 is 9.53 Å². The van der Waals surface area contributed by atoms with Gasteiger partial charge in [0.2, 0.25) is 0 Å². The maximum absolute atomic E-state index is 12.4. The number of amides is 1. The van der Waals surface area contributed by atoms with Crippen LogP contribution in [0.2, 0.25) is 0 Å². The molecule has 0 fully saturated rings. The third-order valence-corrected chi connectivity index (χ3v) is 5.78. The lowest BCUT2D eigenvalue weighted by Crippen LogP contribution is -2.34. The molecule has 1 unspecified atom stereocenters. The van der Waals surface area contributed by atoms with Crippen LogP contribution in [0.15, 0.2) is 23.0 Å². The van der Waals surface area contributed by atoms with E-state index >= 15 is 0 Å². The molecule has 6 heteroatoms. The Morgan fingerprint density at radius 3 is 2.69 bits per heavy atom. The molecule has 0 aliphatic heterocycles. The molecule has 1 aliphatic carbocycles. The van der Waals surface area contributed by atoms with E-state index in [1.54, 1.807) is 13.2 Å². The molecule has 0 saturated heterocycles. The molecule has 1 aliphatic rings. The molecule has 3 N–H and O–H groups in total. The van der Waals surface area contributed by atoms with Crippen molar-refractivity contribution in [3.63, 3.8) is 0 Å². The Morgan fingerprint density at radius 1 is 1.17 bits per heavy atom. The summed E-state index contributed by atoms with van der Waals surface area (Å²) >= 11 is 0. The molecule has 0 spiro atoms. The minimum atomic E-state index is -0.361. The highest BCUT2D eigenvalue weighted by atomic mass is 16.5. The van der Waals surface area contributed by atoms with Gasteiger partial charge in [-0.2, -0.15) is 0 Å². The number of H-pyrrole nitrogens is 1. The second-order valence-corrected chi connectivity index (χ2v) is 7.88. The van der Waals surface area contributed by atoms with Gasteiger partial charge < -0.3 is 20.4 Å². The Labute approximate surface area is 172 Å². The zero-order valence-electron chi connectivity index (χ0n) is 17.8. The maximum Gasteiger partial charge on any atom is 0.261 e. The van der Waals surface area contributed by atoms with Crippen LogP contribution in [0.5, 0.6) is 0 Å². The highest BCUT2D eigenvalue weighted by Crippen LogP contribution is 2.29. The van der Waals surface area contributed by atoms with Gasteiger partial charge in [0.15, 0.2) is 0 Å². The van der Waals surface area contributed by atoms with E-state index in [0.29, 0.717) is 13.2 Å². The number of nitrogens with one attached hydrogen (secondary N) is 3. The maximum atomic E-state index is 12.4. The van der Waals surface area contributed by atoms with Crippen LogP contribution in [0.3, 0.4) is 0 Å². The van der Waals surface area contributed by atoms with Crippen LogP contribution in [-0.2, 0) is 17.7 Å². The third kappa shape index (κ3) is 4.95. The Kier molecular flexibility index (Phi) is 6.87. The summed E-state index contributed by atoms with van der Waals surface area (Å²) in [5.74, 6) is -0.361. The van der Waals surface area contributed by atoms with Crippen LogP contribution in [0.25, 0.3) is 0 Å². The van der Waals surface area contributed by atoms with Gasteiger partial charge in [0, 0.05) is 31.9 Å². The molecule has 0 bridgehead atoms. The summed E-state index contributed by atoms with van der Waals surface area (Å²) in [6.45, 7) is 7.94. The molecule has 1 aromatic carbocycles. The van der Waals surface area contributed by atoms with E-state index in [4.69, 9.17) is 4.74 Å². The Bertz CT molecular complexity index is 949. The number of aromatic nitrogens is 1. The van der Waals surface area contributed by atoms with Gasteiger partial charge in [0.05, 0.1) is 6.61 Å². The predicted octanol–water partition coefficient (Wildman–Crippen LogP) is 2.84. The number of rotatable bonds is 7. The SMILES string of the molecule is COCCNC(=O)c1cc2c([nH]c1=O)CCCC2NCc1cc(C)c(C)cc1C. The smallest absolute Gasteiger partial charge is 0.261 e. The molecule has 1 atom stereocenters. The second kappa shape index (κ2) is 9.37. The highest BCUT2D eigenvalue weighted by Gasteiger charge is 2.24. The molecular formula is C23H31N3O3. The molecule has 2 aromatic rings. The Morgan fingerprint density at radius 2 is 1.93 bits per heavy atom. The number of carbonyl (C=O) groups excluding carboxylic acids is 1. The van der Waals surface area contributed by atoms with E-state index in [1.807, 2.05) is 0 Å². The third-order valence-electron chi connectivity index (χ3n) is 5.78. The minimum Gasteiger partial charge on any atom is -0.383 e. The van der Waals surface area contributed by atoms with Crippen molar-refractivity contribution in [2.24, 2.45) is 0 Å². The molecule has 0 saturated carbocycles. The van der Waals surface area contributed by atoms with E-state index in [9.17, 15) is 9.59 Å². The molecule has 0 radical (unpaired) electrons. The van der Waals surface area contributed by atoms with Gasteiger partial charge in [-0.25, -0.2) is 0 Å². The summed E-state index contributed by atoms with van der Waals surface area (Å²) in [6, 6.07) is 6.34. The summed E-state index contributed by atoms with van der Waals surface area (Å²) in [5, 5.41) is 6.38. The Balaban J connectivity index is 1.80. The van der Waals surface area contributed by atoms with Gasteiger partial charge in [-0.05, 0) is 73.9 Å². The molecule has 1 amide bonds. The average Bonchev–Trinajstić information content (AvgIpc) is 2.69. The minimum absolute atomic E-state index is 0.113. The van der Waals surface area contributed by atoms with Crippen molar-refractivity contribution in [3.05, 3.63) is 67.6 Å². The fraction of sp³-hybridized carbons (Fsp3) is 0.478. The zero-order valence-corrected chi connectivity index (χ0v) is 17.8. The van der Waals surface area contributed by atoms with Gasteiger partial charge in [-0.3, -0.25) is 9.59 Å². The largest absolute Gasteiger partial charge is 0.383 e. The molecule has 1 heterocycles. The number of aryl methyl sites for hydroxylation is 4. The number of pyridine rings is 1. The highest BCUT2D eigenvalue weighted by molar-refractivity contribution is 5.94. The summed E-state index contributed by atoms with van der Waals surface area (Å²) in [4.78, 5) is 27.8. The first-order valence-electron chi connectivity index (χ1n) is 10.2. The van der Waals surface area contributed by atoms with Gasteiger partial charge in [0.1, 0.15) is 5.56 Å². The number of hydrogen-bond donors (Lipinski definition) is 3. The van der Waals surface area contributed by atoms with Crippen molar-refractivity contribution in [1.82, 2.24) is 15.6 Å². The number of aromatic amines is 1. The van der Waals surface area contributed by atoms with E-state index in [-0.39, 0.29) is 23.1 Å². The van der Waals surface area contributed by atoms with Crippen molar-refractivity contribution in [1.29, 1.82) is 0 Å². The predicted molar refractivity (Wildman–Crippen MR) is 114 cm³/mol. The van der Waals surface area contributed by atoms with Crippen LogP contribution >= 0.6 is 0 Å². The lowest BCUT2D eigenvalue weighted by molar-refractivity contribution is 0.0935. The molecule has 6 nitrogen and oxygen atoms in total. The van der Waals surface area contributed by atoms with Gasteiger partial charge in [-0.1, -0.05) is 12.1 Å². The van der Waals surface area contributed by atoms with Gasteiger partial charge in [0.25, 0.3) is 11.5 Å². The van der Waals surface area contributed by atoms with Gasteiger partial charge >= 0.3 is 0 Å². The van der Waals surface area contributed by atoms with Crippen LogP contribution < -0.4 is 16.2 Å². The quantitative estimate of drug-likeness (QED) is 0.628. The van der Waals surface area contributed by atoms with E-state index in [0.717, 1.165) is 37.1 Å². The summed E-state index contributed by atoms with van der Waals surface area (Å²) in [6.07, 6.45) is 2.82. The molecule has 3 rings (SSSR count). The first kappa shape index (κ1) is 21.3. The van der Waals surface area contributed by atoms with E-state index < -0.39 is 0 Å². The van der Waals surface area contributed by atoms with Crippen molar-refractivity contribution in [2.75, 3.05) is 20.3 Å².